The fourth-order valence-electron chi connectivity index (χ4n) is 2.66. The zero-order valence-electron chi connectivity index (χ0n) is 16.5. The molecule has 8 heteroatoms. The highest BCUT2D eigenvalue weighted by molar-refractivity contribution is 6.37. The summed E-state index contributed by atoms with van der Waals surface area (Å²) in [6, 6.07) is 19.4. The van der Waals surface area contributed by atoms with Gasteiger partial charge in [-0.15, -0.1) is 0 Å². The predicted octanol–water partition coefficient (Wildman–Crippen LogP) is 5.91. The molecule has 0 bridgehead atoms. The van der Waals surface area contributed by atoms with Gasteiger partial charge in [0.2, 0.25) is 0 Å². The molecule has 0 aliphatic rings. The highest BCUT2D eigenvalue weighted by Gasteiger charge is 2.11. The van der Waals surface area contributed by atoms with Crippen LogP contribution in [0.5, 0.6) is 5.75 Å². The number of benzene rings is 3. The summed E-state index contributed by atoms with van der Waals surface area (Å²) in [7, 11) is 0. The number of nitrogens with zero attached hydrogens (tertiary/aromatic N) is 2. The Morgan fingerprint density at radius 1 is 1.13 bits per heavy atom. The fraction of sp³-hybridized carbons (Fsp3) is 0.0870. The molecule has 156 valence electrons. The third-order valence-electron chi connectivity index (χ3n) is 4.22. The Balaban J connectivity index is 1.61. The van der Waals surface area contributed by atoms with Gasteiger partial charge in [-0.2, -0.15) is 10.4 Å². The summed E-state index contributed by atoms with van der Waals surface area (Å²) >= 11 is 12.6. The van der Waals surface area contributed by atoms with Crippen LogP contribution in [-0.4, -0.2) is 12.2 Å². The number of carbonyl (C=O) groups is 1. The Kier molecular flexibility index (Phi) is 7.50. The maximum Gasteiger partial charge on any atom is 0.339 e. The van der Waals surface area contributed by atoms with Gasteiger partial charge >= 0.3 is 6.03 Å². The van der Waals surface area contributed by atoms with E-state index < -0.39 is 6.03 Å². The Bertz CT molecular complexity index is 1130. The zero-order valence-corrected chi connectivity index (χ0v) is 18.0. The summed E-state index contributed by atoms with van der Waals surface area (Å²) in [6.45, 7) is 2.11. The summed E-state index contributed by atoms with van der Waals surface area (Å²) < 4.78 is 5.73. The van der Waals surface area contributed by atoms with Gasteiger partial charge < -0.3 is 10.1 Å². The number of urea groups is 1. The van der Waals surface area contributed by atoms with Gasteiger partial charge in [-0.25, -0.2) is 10.2 Å². The molecular formula is C23H18Cl2N4O2. The molecule has 3 aromatic rings. The van der Waals surface area contributed by atoms with Gasteiger partial charge in [0, 0.05) is 11.3 Å². The van der Waals surface area contributed by atoms with Crippen molar-refractivity contribution < 1.29 is 9.53 Å². The van der Waals surface area contributed by atoms with E-state index in [1.54, 1.807) is 42.5 Å². The molecule has 2 amide bonds. The van der Waals surface area contributed by atoms with Crippen molar-refractivity contribution in [2.75, 3.05) is 5.32 Å². The molecule has 0 atom stereocenters. The Morgan fingerprint density at radius 3 is 2.48 bits per heavy atom. The third kappa shape index (κ3) is 6.22. The van der Waals surface area contributed by atoms with Crippen molar-refractivity contribution in [1.82, 2.24) is 5.43 Å². The molecular weight excluding hydrogens is 435 g/mol. The number of carbonyl (C=O) groups excluding carboxylic acids is 1. The van der Waals surface area contributed by atoms with E-state index in [9.17, 15) is 4.79 Å². The molecule has 3 aromatic carbocycles. The largest absolute Gasteiger partial charge is 0.486 e. The first kappa shape index (κ1) is 22.2. The van der Waals surface area contributed by atoms with Crippen molar-refractivity contribution in [2.45, 2.75) is 13.5 Å². The lowest BCUT2D eigenvalue weighted by molar-refractivity contribution is 0.252. The number of anilines is 1. The smallest absolute Gasteiger partial charge is 0.339 e. The second kappa shape index (κ2) is 10.5. The summed E-state index contributed by atoms with van der Waals surface area (Å²) in [5.41, 5.74) is 5.96. The number of hydrogen-bond donors (Lipinski definition) is 2. The summed E-state index contributed by atoms with van der Waals surface area (Å²) in [5, 5.41) is 16.3. The number of ether oxygens (including phenoxy) is 1. The van der Waals surface area contributed by atoms with Crippen molar-refractivity contribution in [3.05, 3.63) is 93.0 Å². The minimum Gasteiger partial charge on any atom is -0.486 e. The van der Waals surface area contributed by atoms with Gasteiger partial charge in [-0.3, -0.25) is 0 Å². The lowest BCUT2D eigenvalue weighted by atomic mass is 10.1. The number of nitrogens with one attached hydrogen (secondary N) is 2. The van der Waals surface area contributed by atoms with E-state index in [0.29, 0.717) is 22.6 Å². The maximum absolute atomic E-state index is 11.9. The standard InChI is InChI=1S/C23H18Cl2N4O2/c1-15-6-8-19(9-7-15)28-23(30)29-27-13-16-10-20(24)22(21(25)11-16)31-14-18-5-3-2-4-17(18)12-26/h2-11,13H,14H2,1H3,(H2,28,29,30)/b27-13-. The minimum absolute atomic E-state index is 0.150. The molecule has 2 N–H and O–H groups in total. The fourth-order valence-corrected chi connectivity index (χ4v) is 3.27. The van der Waals surface area contributed by atoms with Gasteiger partial charge in [0.05, 0.1) is 27.9 Å². The molecule has 0 aliphatic carbocycles. The van der Waals surface area contributed by atoms with E-state index in [1.807, 2.05) is 25.1 Å². The van der Waals surface area contributed by atoms with Crippen molar-refractivity contribution in [2.24, 2.45) is 5.10 Å². The van der Waals surface area contributed by atoms with E-state index in [-0.39, 0.29) is 16.7 Å². The third-order valence-corrected chi connectivity index (χ3v) is 4.78. The van der Waals surface area contributed by atoms with Crippen LogP contribution in [0, 0.1) is 18.3 Å². The van der Waals surface area contributed by atoms with Crippen LogP contribution in [0.2, 0.25) is 10.0 Å². The Labute approximate surface area is 190 Å². The number of rotatable bonds is 6. The molecule has 0 heterocycles. The second-order valence-corrected chi connectivity index (χ2v) is 7.38. The first-order valence-corrected chi connectivity index (χ1v) is 9.98. The van der Waals surface area contributed by atoms with Crippen LogP contribution in [0.1, 0.15) is 22.3 Å². The van der Waals surface area contributed by atoms with E-state index in [2.05, 4.69) is 21.9 Å². The summed E-state index contributed by atoms with van der Waals surface area (Å²) in [6.07, 6.45) is 1.42. The molecule has 0 spiro atoms. The molecule has 3 rings (SSSR count). The number of aryl methyl sites for hydroxylation is 1. The molecule has 0 radical (unpaired) electrons. The van der Waals surface area contributed by atoms with E-state index >= 15 is 0 Å². The number of halogens is 2. The molecule has 0 aromatic heterocycles. The highest BCUT2D eigenvalue weighted by Crippen LogP contribution is 2.34. The lowest BCUT2D eigenvalue weighted by Crippen LogP contribution is -2.24. The van der Waals surface area contributed by atoms with Crippen molar-refractivity contribution in [1.29, 1.82) is 5.26 Å². The number of nitriles is 1. The first-order valence-electron chi connectivity index (χ1n) is 9.23. The molecule has 6 nitrogen and oxygen atoms in total. The van der Waals surface area contributed by atoms with Crippen LogP contribution < -0.4 is 15.5 Å². The average Bonchev–Trinajstić information content (AvgIpc) is 2.75. The monoisotopic (exact) mass is 452 g/mol. The average molecular weight is 453 g/mol. The first-order chi connectivity index (χ1) is 15.0. The SMILES string of the molecule is Cc1ccc(NC(=O)N/N=C\c2cc(Cl)c(OCc3ccccc3C#N)c(Cl)c2)cc1. The van der Waals surface area contributed by atoms with Crippen molar-refractivity contribution in [3.63, 3.8) is 0 Å². The van der Waals surface area contributed by atoms with Gasteiger partial charge in [0.1, 0.15) is 6.61 Å². The molecule has 31 heavy (non-hydrogen) atoms. The minimum atomic E-state index is -0.478. The number of amides is 2. The molecule has 0 saturated carbocycles. The topological polar surface area (TPSA) is 86.5 Å². The number of hydrazone groups is 1. The van der Waals surface area contributed by atoms with Crippen LogP contribution in [0.15, 0.2) is 65.8 Å². The van der Waals surface area contributed by atoms with Crippen LogP contribution in [0.3, 0.4) is 0 Å². The lowest BCUT2D eigenvalue weighted by Gasteiger charge is -2.11. The van der Waals surface area contributed by atoms with Gasteiger partial charge in [0.25, 0.3) is 0 Å². The van der Waals surface area contributed by atoms with E-state index in [1.165, 1.54) is 6.21 Å². The Hall–Kier alpha value is -3.53. The van der Waals surface area contributed by atoms with Crippen molar-refractivity contribution >= 4 is 41.1 Å². The van der Waals surface area contributed by atoms with Crippen LogP contribution in [0.25, 0.3) is 0 Å². The van der Waals surface area contributed by atoms with Gasteiger partial charge in [-0.1, -0.05) is 59.1 Å². The maximum atomic E-state index is 11.9. The second-order valence-electron chi connectivity index (χ2n) is 6.56. The van der Waals surface area contributed by atoms with Gasteiger partial charge in [0.15, 0.2) is 5.75 Å². The zero-order chi connectivity index (χ0) is 22.2. The summed E-state index contributed by atoms with van der Waals surface area (Å²) in [5.74, 6) is 0.304. The van der Waals surface area contributed by atoms with Crippen LogP contribution in [-0.2, 0) is 6.61 Å². The molecule has 0 fully saturated rings. The molecule has 0 unspecified atom stereocenters. The van der Waals surface area contributed by atoms with Crippen LogP contribution >= 0.6 is 23.2 Å². The highest BCUT2D eigenvalue weighted by atomic mass is 35.5. The van der Waals surface area contributed by atoms with Crippen LogP contribution in [0.4, 0.5) is 10.5 Å². The normalized spacial score (nSPS) is 10.5. The Morgan fingerprint density at radius 2 is 1.81 bits per heavy atom. The molecule has 0 aliphatic heterocycles. The van der Waals surface area contributed by atoms with Crippen molar-refractivity contribution in [3.8, 4) is 11.8 Å². The quantitative estimate of drug-likeness (QED) is 0.360. The van der Waals surface area contributed by atoms with Gasteiger partial charge in [-0.05, 0) is 42.8 Å². The number of hydrogen-bond acceptors (Lipinski definition) is 4. The molecule has 0 saturated heterocycles. The predicted molar refractivity (Wildman–Crippen MR) is 123 cm³/mol. The van der Waals surface area contributed by atoms with E-state index in [0.717, 1.165) is 11.1 Å². The summed E-state index contributed by atoms with van der Waals surface area (Å²) in [4.78, 5) is 11.9. The van der Waals surface area contributed by atoms with E-state index in [4.69, 9.17) is 33.2 Å².